The lowest BCUT2D eigenvalue weighted by Gasteiger charge is -2.29. The van der Waals surface area contributed by atoms with Crippen LogP contribution in [0.3, 0.4) is 0 Å². The zero-order valence-corrected chi connectivity index (χ0v) is 10.4. The van der Waals surface area contributed by atoms with E-state index in [0.29, 0.717) is 0 Å². The van der Waals surface area contributed by atoms with E-state index in [4.69, 9.17) is 9.66 Å². The van der Waals surface area contributed by atoms with Gasteiger partial charge in [0.25, 0.3) is 0 Å². The van der Waals surface area contributed by atoms with Crippen LogP contribution in [0.15, 0.2) is 0 Å². The summed E-state index contributed by atoms with van der Waals surface area (Å²) in [7, 11) is -4.17. The molecule has 0 spiro atoms. The molecule has 0 saturated carbocycles. The minimum absolute atomic E-state index is 0.0289. The fraction of sp³-hybridized carbons (Fsp3) is 1.00. The Morgan fingerprint density at radius 1 is 1.44 bits per heavy atom. The maximum Gasteiger partial charge on any atom is 0.397 e. The van der Waals surface area contributed by atoms with Gasteiger partial charge in [0.15, 0.2) is 0 Å². The van der Waals surface area contributed by atoms with Crippen molar-refractivity contribution in [2.75, 3.05) is 32.8 Å². The molecule has 1 unspecified atom stereocenters. The van der Waals surface area contributed by atoms with Crippen LogP contribution in [0.2, 0.25) is 0 Å². The number of hydrogen-bond donors (Lipinski definition) is 3. The average Bonchev–Trinajstić information content (AvgIpc) is 2.18. The van der Waals surface area contributed by atoms with E-state index in [-0.39, 0.29) is 12.8 Å². The summed E-state index contributed by atoms with van der Waals surface area (Å²) >= 11 is 0. The van der Waals surface area contributed by atoms with Gasteiger partial charge in [-0.25, -0.2) is 4.18 Å². The highest BCUT2D eigenvalue weighted by Crippen LogP contribution is 1.95. The largest absolute Gasteiger partial charge is 0.397 e. The molecule has 3 N–H and O–H groups in total. The Balaban J connectivity index is 0.000000293. The SMILES string of the molecule is CC(O)N1CCNCC1.CCOS(=O)(=O)O. The maximum absolute atomic E-state index is 9.56. The minimum atomic E-state index is -4.17. The first-order valence-corrected chi connectivity index (χ1v) is 6.48. The number of nitrogens with one attached hydrogen (secondary N) is 1. The number of hydrogen-bond acceptors (Lipinski definition) is 6. The van der Waals surface area contributed by atoms with E-state index in [0.717, 1.165) is 26.2 Å². The fourth-order valence-electron chi connectivity index (χ4n) is 1.20. The molecule has 0 amide bonds. The van der Waals surface area contributed by atoms with Crippen molar-refractivity contribution in [3.8, 4) is 0 Å². The molecule has 1 fully saturated rings. The van der Waals surface area contributed by atoms with Crippen LogP contribution in [-0.4, -0.2) is 62.0 Å². The van der Waals surface area contributed by atoms with E-state index in [1.165, 1.54) is 6.92 Å². The summed E-state index contributed by atoms with van der Waals surface area (Å²) < 4.78 is 30.7. The van der Waals surface area contributed by atoms with Gasteiger partial charge < -0.3 is 10.4 Å². The predicted octanol–water partition coefficient (Wildman–Crippen LogP) is -0.944. The molecule has 0 aromatic rings. The Morgan fingerprint density at radius 3 is 2.12 bits per heavy atom. The summed E-state index contributed by atoms with van der Waals surface area (Å²) in [6.45, 7) is 7.20. The molecule has 0 aliphatic carbocycles. The monoisotopic (exact) mass is 256 g/mol. The van der Waals surface area contributed by atoms with Crippen molar-refractivity contribution in [3.05, 3.63) is 0 Å². The molecule has 1 aliphatic rings. The molecular weight excluding hydrogens is 236 g/mol. The van der Waals surface area contributed by atoms with E-state index >= 15 is 0 Å². The zero-order valence-electron chi connectivity index (χ0n) is 9.59. The van der Waals surface area contributed by atoms with Gasteiger partial charge in [0.2, 0.25) is 0 Å². The molecular formula is C8H20N2O5S. The lowest BCUT2D eigenvalue weighted by atomic mass is 10.3. The van der Waals surface area contributed by atoms with Crippen LogP contribution >= 0.6 is 0 Å². The van der Waals surface area contributed by atoms with Gasteiger partial charge in [0.05, 0.1) is 6.61 Å². The van der Waals surface area contributed by atoms with Gasteiger partial charge in [-0.15, -0.1) is 0 Å². The second-order valence-electron chi connectivity index (χ2n) is 3.25. The summed E-state index contributed by atoms with van der Waals surface area (Å²) in [6.07, 6.45) is -0.271. The number of nitrogens with zero attached hydrogens (tertiary/aromatic N) is 1. The minimum Gasteiger partial charge on any atom is -0.379 e. The first-order chi connectivity index (χ1) is 7.37. The summed E-state index contributed by atoms with van der Waals surface area (Å²) in [5, 5.41) is 12.3. The Labute approximate surface area is 96.3 Å². The molecule has 7 nitrogen and oxygen atoms in total. The molecule has 0 aromatic carbocycles. The van der Waals surface area contributed by atoms with Crippen molar-refractivity contribution in [1.29, 1.82) is 0 Å². The van der Waals surface area contributed by atoms with Gasteiger partial charge in [0.1, 0.15) is 6.23 Å². The molecule has 1 heterocycles. The van der Waals surface area contributed by atoms with Crippen LogP contribution in [0.5, 0.6) is 0 Å². The summed E-state index contributed by atoms with van der Waals surface area (Å²) in [5.74, 6) is 0. The second-order valence-corrected chi connectivity index (χ2v) is 4.34. The smallest absolute Gasteiger partial charge is 0.379 e. The van der Waals surface area contributed by atoms with Crippen LogP contribution in [0, 0.1) is 0 Å². The number of aliphatic hydroxyl groups excluding tert-OH is 1. The molecule has 1 rings (SSSR count). The Morgan fingerprint density at radius 2 is 1.94 bits per heavy atom. The molecule has 98 valence electrons. The van der Waals surface area contributed by atoms with Gasteiger partial charge >= 0.3 is 10.4 Å². The summed E-state index contributed by atoms with van der Waals surface area (Å²) in [4.78, 5) is 2.05. The fourth-order valence-corrected chi connectivity index (χ4v) is 1.50. The summed E-state index contributed by atoms with van der Waals surface area (Å²) in [5.41, 5.74) is 0. The van der Waals surface area contributed by atoms with E-state index < -0.39 is 10.4 Å². The third-order valence-corrected chi connectivity index (χ3v) is 2.48. The highest BCUT2D eigenvalue weighted by molar-refractivity contribution is 7.80. The molecule has 1 aliphatic heterocycles. The highest BCUT2D eigenvalue weighted by Gasteiger charge is 2.12. The zero-order chi connectivity index (χ0) is 12.6. The van der Waals surface area contributed by atoms with Crippen molar-refractivity contribution in [2.45, 2.75) is 20.1 Å². The van der Waals surface area contributed by atoms with E-state index in [9.17, 15) is 8.42 Å². The first-order valence-electron chi connectivity index (χ1n) is 5.11. The quantitative estimate of drug-likeness (QED) is 0.560. The molecule has 16 heavy (non-hydrogen) atoms. The van der Waals surface area contributed by atoms with Gasteiger partial charge in [-0.1, -0.05) is 0 Å². The number of rotatable bonds is 3. The van der Waals surface area contributed by atoms with Crippen molar-refractivity contribution in [3.63, 3.8) is 0 Å². The molecule has 1 atom stereocenters. The summed E-state index contributed by atoms with van der Waals surface area (Å²) in [6, 6.07) is 0. The third-order valence-electron chi connectivity index (χ3n) is 1.95. The van der Waals surface area contributed by atoms with Gasteiger partial charge in [-0.2, -0.15) is 8.42 Å². The van der Waals surface area contributed by atoms with Gasteiger partial charge in [-0.05, 0) is 13.8 Å². The normalized spacial score (nSPS) is 19.8. The molecule has 8 heteroatoms. The van der Waals surface area contributed by atoms with E-state index in [1.807, 2.05) is 6.92 Å². The van der Waals surface area contributed by atoms with E-state index in [1.54, 1.807) is 0 Å². The van der Waals surface area contributed by atoms with Gasteiger partial charge in [0, 0.05) is 26.2 Å². The predicted molar refractivity (Wildman–Crippen MR) is 59.3 cm³/mol. The number of aliphatic hydroxyl groups is 1. The van der Waals surface area contributed by atoms with E-state index in [2.05, 4.69) is 14.4 Å². The lowest BCUT2D eigenvalue weighted by Crippen LogP contribution is -2.47. The van der Waals surface area contributed by atoms with Crippen LogP contribution < -0.4 is 5.32 Å². The number of piperazine rings is 1. The van der Waals surface area contributed by atoms with Crippen LogP contribution in [0.25, 0.3) is 0 Å². The topological polar surface area (TPSA) is 99.1 Å². The van der Waals surface area contributed by atoms with Crippen molar-refractivity contribution >= 4 is 10.4 Å². The Kier molecular flexibility index (Phi) is 7.81. The molecule has 0 bridgehead atoms. The second kappa shape index (κ2) is 7.93. The molecule has 0 aromatic heterocycles. The van der Waals surface area contributed by atoms with Crippen LogP contribution in [0.1, 0.15) is 13.8 Å². The Hall–Kier alpha value is -0.250. The molecule has 0 radical (unpaired) electrons. The third kappa shape index (κ3) is 9.01. The van der Waals surface area contributed by atoms with Crippen molar-refractivity contribution < 1.29 is 22.3 Å². The molecule has 1 saturated heterocycles. The maximum atomic E-state index is 9.56. The van der Waals surface area contributed by atoms with Crippen molar-refractivity contribution in [1.82, 2.24) is 10.2 Å². The lowest BCUT2D eigenvalue weighted by molar-refractivity contribution is 0.0112. The van der Waals surface area contributed by atoms with Crippen LogP contribution in [0.4, 0.5) is 0 Å². The van der Waals surface area contributed by atoms with Gasteiger partial charge in [-0.3, -0.25) is 9.45 Å². The average molecular weight is 256 g/mol. The highest BCUT2D eigenvalue weighted by atomic mass is 32.3. The first kappa shape index (κ1) is 15.8. The van der Waals surface area contributed by atoms with Crippen molar-refractivity contribution in [2.24, 2.45) is 0 Å². The standard InChI is InChI=1S/C6H14N2O.C2H6O4S/c1-6(9)8-4-2-7-3-5-8;1-2-6-7(3,4)5/h6-7,9H,2-5H2,1H3;2H2,1H3,(H,3,4,5). The Bertz CT molecular complexity index is 262. The van der Waals surface area contributed by atoms with Crippen LogP contribution in [-0.2, 0) is 14.6 Å².